The third-order valence-electron chi connectivity index (χ3n) is 4.93. The summed E-state index contributed by atoms with van der Waals surface area (Å²) in [6, 6.07) is 0.144. The lowest BCUT2D eigenvalue weighted by Crippen LogP contribution is -2.45. The summed E-state index contributed by atoms with van der Waals surface area (Å²) in [6.45, 7) is 6.56. The number of nitrogens with zero attached hydrogens (tertiary/aromatic N) is 2. The predicted molar refractivity (Wildman–Crippen MR) is 94.0 cm³/mol. The zero-order chi connectivity index (χ0) is 18.2. The maximum absolute atomic E-state index is 12.9. The van der Waals surface area contributed by atoms with Gasteiger partial charge in [0.1, 0.15) is 0 Å². The molecule has 3 aliphatic rings. The number of hydrogen-bond acceptors (Lipinski definition) is 5. The van der Waals surface area contributed by atoms with Crippen molar-refractivity contribution < 1.29 is 8.42 Å². The van der Waals surface area contributed by atoms with E-state index in [4.69, 9.17) is 0 Å². The van der Waals surface area contributed by atoms with Gasteiger partial charge >= 0.3 is 5.69 Å². The van der Waals surface area contributed by atoms with Crippen LogP contribution in [0, 0.1) is 5.92 Å². The second kappa shape index (κ2) is 6.89. The van der Waals surface area contributed by atoms with Gasteiger partial charge in [0, 0.05) is 38.4 Å². The van der Waals surface area contributed by atoms with E-state index in [0.29, 0.717) is 13.1 Å². The molecule has 0 unspecified atom stereocenters. The molecule has 4 rings (SSSR count). The molecule has 3 aliphatic heterocycles. The molecule has 8 nitrogen and oxygen atoms in total. The van der Waals surface area contributed by atoms with Crippen LogP contribution in [-0.4, -0.2) is 59.8 Å². The quantitative estimate of drug-likeness (QED) is 0.734. The standard InChI is InChI=1S/C16H24N4O4S/c1-11(2)5-6-19-8-12-3-4-13(19)10-20(9-12)25(23,24)14-7-17-16(22)18-15(14)21/h5,7,12-13H,3-4,6,8-10H2,1-2H3,(H2,17,18,21,22)/t12-,13-/m1/s1. The highest BCUT2D eigenvalue weighted by Crippen LogP contribution is 2.30. The number of nitrogens with one attached hydrogen (secondary N) is 2. The summed E-state index contributed by atoms with van der Waals surface area (Å²) in [5.74, 6) is 0.251. The Bertz CT molecular complexity index is 882. The molecule has 4 heterocycles. The first-order chi connectivity index (χ1) is 11.8. The van der Waals surface area contributed by atoms with Crippen LogP contribution in [0.25, 0.3) is 0 Å². The minimum Gasteiger partial charge on any atom is -0.313 e. The van der Waals surface area contributed by atoms with Crippen LogP contribution in [0.1, 0.15) is 26.7 Å². The molecular weight excluding hydrogens is 344 g/mol. The summed E-state index contributed by atoms with van der Waals surface area (Å²) in [6.07, 6.45) is 5.09. The van der Waals surface area contributed by atoms with Crippen molar-refractivity contribution in [3.05, 3.63) is 38.7 Å². The van der Waals surface area contributed by atoms with Crippen molar-refractivity contribution >= 4 is 10.0 Å². The van der Waals surface area contributed by atoms with Gasteiger partial charge in [0.05, 0.1) is 0 Å². The van der Waals surface area contributed by atoms with E-state index < -0.39 is 26.2 Å². The molecule has 25 heavy (non-hydrogen) atoms. The van der Waals surface area contributed by atoms with Crippen LogP contribution in [0.4, 0.5) is 0 Å². The Hall–Kier alpha value is -1.71. The zero-order valence-corrected chi connectivity index (χ0v) is 15.3. The van der Waals surface area contributed by atoms with Crippen LogP contribution in [0.3, 0.4) is 0 Å². The summed E-state index contributed by atoms with van der Waals surface area (Å²) < 4.78 is 27.2. The molecule has 2 atom stereocenters. The number of piperidine rings is 1. The molecule has 0 saturated carbocycles. The summed E-state index contributed by atoms with van der Waals surface area (Å²) in [7, 11) is -3.94. The summed E-state index contributed by atoms with van der Waals surface area (Å²) >= 11 is 0. The molecule has 138 valence electrons. The van der Waals surface area contributed by atoms with Crippen molar-refractivity contribution in [2.75, 3.05) is 26.2 Å². The van der Waals surface area contributed by atoms with Gasteiger partial charge in [-0.3, -0.25) is 14.7 Å². The molecule has 0 radical (unpaired) electrons. The Labute approximate surface area is 146 Å². The molecule has 0 spiro atoms. The van der Waals surface area contributed by atoms with Gasteiger partial charge in [0.25, 0.3) is 5.56 Å². The van der Waals surface area contributed by atoms with E-state index in [1.807, 2.05) is 4.98 Å². The molecule has 3 saturated heterocycles. The average molecular weight is 368 g/mol. The van der Waals surface area contributed by atoms with E-state index in [0.717, 1.165) is 32.1 Å². The van der Waals surface area contributed by atoms with Gasteiger partial charge in [0.15, 0.2) is 4.90 Å². The maximum Gasteiger partial charge on any atom is 0.325 e. The van der Waals surface area contributed by atoms with Gasteiger partial charge < -0.3 is 4.98 Å². The molecule has 3 fully saturated rings. The number of sulfonamides is 1. The van der Waals surface area contributed by atoms with E-state index in [9.17, 15) is 18.0 Å². The van der Waals surface area contributed by atoms with E-state index in [1.54, 1.807) is 0 Å². The van der Waals surface area contributed by atoms with Crippen molar-refractivity contribution in [2.24, 2.45) is 5.92 Å². The highest BCUT2D eigenvalue weighted by molar-refractivity contribution is 7.89. The monoisotopic (exact) mass is 368 g/mol. The lowest BCUT2D eigenvalue weighted by atomic mass is 9.95. The Morgan fingerprint density at radius 1 is 1.24 bits per heavy atom. The van der Waals surface area contributed by atoms with E-state index in [2.05, 4.69) is 29.8 Å². The van der Waals surface area contributed by atoms with Gasteiger partial charge in [-0.25, -0.2) is 13.2 Å². The average Bonchev–Trinajstić information content (AvgIpc) is 2.84. The Balaban J connectivity index is 1.88. The fraction of sp³-hybridized carbons (Fsp3) is 0.625. The molecule has 0 aromatic carbocycles. The van der Waals surface area contributed by atoms with Gasteiger partial charge in [-0.05, 0) is 32.6 Å². The smallest absolute Gasteiger partial charge is 0.313 e. The van der Waals surface area contributed by atoms with Crippen molar-refractivity contribution in [1.82, 2.24) is 19.2 Å². The van der Waals surface area contributed by atoms with Gasteiger partial charge in [-0.15, -0.1) is 0 Å². The van der Waals surface area contributed by atoms with Crippen molar-refractivity contribution in [3.63, 3.8) is 0 Å². The molecular formula is C16H24N4O4S. The number of H-pyrrole nitrogens is 2. The summed E-state index contributed by atoms with van der Waals surface area (Å²) in [4.78, 5) is 29.3. The minimum atomic E-state index is -3.94. The van der Waals surface area contributed by atoms with E-state index in [-0.39, 0.29) is 12.0 Å². The fourth-order valence-electron chi connectivity index (χ4n) is 3.58. The van der Waals surface area contributed by atoms with Crippen LogP contribution < -0.4 is 11.2 Å². The first-order valence-corrected chi connectivity index (χ1v) is 9.91. The maximum atomic E-state index is 12.9. The molecule has 1 aromatic rings. The van der Waals surface area contributed by atoms with Crippen molar-refractivity contribution in [1.29, 1.82) is 0 Å². The topological polar surface area (TPSA) is 106 Å². The number of aromatic nitrogens is 2. The second-order valence-corrected chi connectivity index (χ2v) is 9.00. The third-order valence-corrected chi connectivity index (χ3v) is 6.77. The van der Waals surface area contributed by atoms with Crippen LogP contribution in [-0.2, 0) is 10.0 Å². The molecule has 0 aliphatic carbocycles. The number of aromatic amines is 2. The largest absolute Gasteiger partial charge is 0.325 e. The molecule has 1 aromatic heterocycles. The van der Waals surface area contributed by atoms with Gasteiger partial charge in [0.2, 0.25) is 10.0 Å². The van der Waals surface area contributed by atoms with Crippen molar-refractivity contribution in [3.8, 4) is 0 Å². The number of rotatable bonds is 4. The predicted octanol–water partition coefficient (Wildman–Crippen LogP) is 0.114. The van der Waals surface area contributed by atoms with Gasteiger partial charge in [-0.1, -0.05) is 11.6 Å². The molecule has 2 N–H and O–H groups in total. The van der Waals surface area contributed by atoms with Crippen LogP contribution in [0.15, 0.2) is 32.3 Å². The van der Waals surface area contributed by atoms with Crippen molar-refractivity contribution in [2.45, 2.75) is 37.6 Å². The summed E-state index contributed by atoms with van der Waals surface area (Å²) in [5.41, 5.74) is -0.348. The first kappa shape index (κ1) is 18.1. The third kappa shape index (κ3) is 3.78. The Morgan fingerprint density at radius 2 is 2.00 bits per heavy atom. The van der Waals surface area contributed by atoms with E-state index >= 15 is 0 Å². The second-order valence-electron chi connectivity index (χ2n) is 7.09. The summed E-state index contributed by atoms with van der Waals surface area (Å²) in [5, 5.41) is 0. The molecule has 0 amide bonds. The first-order valence-electron chi connectivity index (χ1n) is 8.47. The van der Waals surface area contributed by atoms with Gasteiger partial charge in [-0.2, -0.15) is 4.31 Å². The lowest BCUT2D eigenvalue weighted by molar-refractivity contribution is 0.148. The number of allylic oxidation sites excluding steroid dienone is 1. The van der Waals surface area contributed by atoms with Crippen LogP contribution in [0.2, 0.25) is 0 Å². The minimum absolute atomic E-state index is 0.144. The number of hydrogen-bond donors (Lipinski definition) is 2. The Kier molecular flexibility index (Phi) is 4.99. The number of fused-ring (bicyclic) bond motifs is 4. The van der Waals surface area contributed by atoms with E-state index in [1.165, 1.54) is 9.88 Å². The fourth-order valence-corrected chi connectivity index (χ4v) is 5.13. The van der Waals surface area contributed by atoms with Crippen LogP contribution >= 0.6 is 0 Å². The van der Waals surface area contributed by atoms with Crippen LogP contribution in [0.5, 0.6) is 0 Å². The molecule has 2 bridgehead atoms. The lowest BCUT2D eigenvalue weighted by Gasteiger charge is -2.35. The SMILES string of the molecule is CC(C)=CCN1C[C@H]2CC[C@@H]1CN(S(=O)(=O)c1c[nH]c(=O)[nH]c1=O)C2. The molecule has 9 heteroatoms. The Morgan fingerprint density at radius 3 is 2.68 bits per heavy atom. The zero-order valence-electron chi connectivity index (χ0n) is 14.5. The highest BCUT2D eigenvalue weighted by Gasteiger charge is 2.39. The normalized spacial score (nSPS) is 24.9. The highest BCUT2D eigenvalue weighted by atomic mass is 32.2.